The molecule has 2 aromatic rings. The van der Waals surface area contributed by atoms with E-state index in [1.807, 2.05) is 18.2 Å². The van der Waals surface area contributed by atoms with E-state index >= 15 is 0 Å². The van der Waals surface area contributed by atoms with Gasteiger partial charge < -0.3 is 15.2 Å². The van der Waals surface area contributed by atoms with Crippen LogP contribution >= 0.6 is 0 Å². The summed E-state index contributed by atoms with van der Waals surface area (Å²) < 4.78 is 23.8. The van der Waals surface area contributed by atoms with Gasteiger partial charge in [0.2, 0.25) is 0 Å². The molecular formula is C15H16FNO2. The van der Waals surface area contributed by atoms with Gasteiger partial charge in [0.1, 0.15) is 23.9 Å². The molecule has 2 rings (SSSR count). The highest BCUT2D eigenvalue weighted by molar-refractivity contribution is 5.37. The molecule has 0 atom stereocenters. The summed E-state index contributed by atoms with van der Waals surface area (Å²) in [6.07, 6.45) is 0. The average molecular weight is 261 g/mol. The molecule has 4 heteroatoms. The van der Waals surface area contributed by atoms with E-state index in [-0.39, 0.29) is 5.82 Å². The summed E-state index contributed by atoms with van der Waals surface area (Å²) in [6, 6.07) is 11.8. The molecule has 0 spiro atoms. The first-order valence-corrected chi connectivity index (χ1v) is 5.97. The highest BCUT2D eigenvalue weighted by Gasteiger charge is 2.04. The molecule has 100 valence electrons. The fourth-order valence-corrected chi connectivity index (χ4v) is 1.77. The van der Waals surface area contributed by atoms with E-state index < -0.39 is 0 Å². The topological polar surface area (TPSA) is 44.5 Å². The van der Waals surface area contributed by atoms with Crippen molar-refractivity contribution in [3.8, 4) is 11.5 Å². The first kappa shape index (κ1) is 13.4. The van der Waals surface area contributed by atoms with Crippen LogP contribution in [-0.2, 0) is 13.2 Å². The summed E-state index contributed by atoms with van der Waals surface area (Å²) in [7, 11) is 1.60. The minimum absolute atomic E-state index is 0.312. The van der Waals surface area contributed by atoms with Gasteiger partial charge in [-0.15, -0.1) is 0 Å². The fourth-order valence-electron chi connectivity index (χ4n) is 1.77. The van der Waals surface area contributed by atoms with E-state index in [0.29, 0.717) is 18.9 Å². The number of halogens is 1. The van der Waals surface area contributed by atoms with Crippen molar-refractivity contribution in [3.63, 3.8) is 0 Å². The maximum absolute atomic E-state index is 13.0. The van der Waals surface area contributed by atoms with Crippen LogP contribution in [0.3, 0.4) is 0 Å². The number of rotatable bonds is 5. The van der Waals surface area contributed by atoms with Crippen LogP contribution < -0.4 is 15.2 Å². The van der Waals surface area contributed by atoms with E-state index in [2.05, 4.69) is 0 Å². The smallest absolute Gasteiger partial charge is 0.126 e. The lowest BCUT2D eigenvalue weighted by molar-refractivity contribution is 0.303. The van der Waals surface area contributed by atoms with Gasteiger partial charge in [-0.05, 0) is 23.8 Å². The summed E-state index contributed by atoms with van der Waals surface area (Å²) in [5, 5.41) is 0. The molecule has 0 amide bonds. The van der Waals surface area contributed by atoms with Gasteiger partial charge in [-0.1, -0.05) is 18.2 Å². The Hall–Kier alpha value is -2.07. The molecule has 0 saturated heterocycles. The molecule has 0 bridgehead atoms. The first-order chi connectivity index (χ1) is 9.22. The van der Waals surface area contributed by atoms with Crippen molar-refractivity contribution in [2.24, 2.45) is 5.73 Å². The standard InChI is InChI=1S/C15H16FNO2/c1-18-15-7-11(5-6-12(15)9-17)10-19-14-4-2-3-13(16)8-14/h2-8H,9-10,17H2,1H3. The van der Waals surface area contributed by atoms with Crippen LogP contribution in [0, 0.1) is 5.82 Å². The van der Waals surface area contributed by atoms with E-state index in [1.54, 1.807) is 19.2 Å². The molecule has 0 aliphatic heterocycles. The molecule has 0 aromatic heterocycles. The van der Waals surface area contributed by atoms with E-state index in [4.69, 9.17) is 15.2 Å². The first-order valence-electron chi connectivity index (χ1n) is 5.97. The highest BCUT2D eigenvalue weighted by atomic mass is 19.1. The zero-order valence-electron chi connectivity index (χ0n) is 10.7. The van der Waals surface area contributed by atoms with Gasteiger partial charge in [-0.3, -0.25) is 0 Å². The zero-order chi connectivity index (χ0) is 13.7. The molecule has 2 aromatic carbocycles. The Labute approximate surface area is 111 Å². The monoisotopic (exact) mass is 261 g/mol. The van der Waals surface area contributed by atoms with Crippen LogP contribution in [0.4, 0.5) is 4.39 Å². The lowest BCUT2D eigenvalue weighted by Gasteiger charge is -2.10. The number of hydrogen-bond donors (Lipinski definition) is 1. The molecular weight excluding hydrogens is 245 g/mol. The summed E-state index contributed by atoms with van der Waals surface area (Å²) in [4.78, 5) is 0. The Balaban J connectivity index is 2.07. The third-order valence-electron chi connectivity index (χ3n) is 2.77. The Bertz CT molecular complexity index is 558. The van der Waals surface area contributed by atoms with Crippen LogP contribution in [0.15, 0.2) is 42.5 Å². The predicted molar refractivity (Wildman–Crippen MR) is 71.6 cm³/mol. The van der Waals surface area contributed by atoms with Gasteiger partial charge in [0.15, 0.2) is 0 Å². The number of hydrogen-bond acceptors (Lipinski definition) is 3. The molecule has 0 aliphatic rings. The van der Waals surface area contributed by atoms with E-state index in [0.717, 1.165) is 16.9 Å². The molecule has 0 unspecified atom stereocenters. The third kappa shape index (κ3) is 3.45. The highest BCUT2D eigenvalue weighted by Crippen LogP contribution is 2.21. The number of methoxy groups -OCH3 is 1. The normalized spacial score (nSPS) is 10.3. The van der Waals surface area contributed by atoms with Crippen LogP contribution in [0.2, 0.25) is 0 Å². The second-order valence-electron chi connectivity index (χ2n) is 4.10. The Morgan fingerprint density at radius 1 is 1.16 bits per heavy atom. The zero-order valence-corrected chi connectivity index (χ0v) is 10.7. The van der Waals surface area contributed by atoms with Crippen molar-refractivity contribution in [2.45, 2.75) is 13.2 Å². The Kier molecular flexibility index (Phi) is 4.36. The second-order valence-corrected chi connectivity index (χ2v) is 4.10. The lowest BCUT2D eigenvalue weighted by Crippen LogP contribution is -2.02. The van der Waals surface area contributed by atoms with Crippen molar-refractivity contribution >= 4 is 0 Å². The number of ether oxygens (including phenoxy) is 2. The van der Waals surface area contributed by atoms with Gasteiger partial charge >= 0.3 is 0 Å². The van der Waals surface area contributed by atoms with Crippen molar-refractivity contribution in [2.75, 3.05) is 7.11 Å². The molecule has 0 saturated carbocycles. The number of nitrogens with two attached hydrogens (primary N) is 1. The van der Waals surface area contributed by atoms with Gasteiger partial charge in [-0.2, -0.15) is 0 Å². The van der Waals surface area contributed by atoms with Crippen molar-refractivity contribution in [3.05, 3.63) is 59.4 Å². The maximum atomic E-state index is 13.0. The fraction of sp³-hybridized carbons (Fsp3) is 0.200. The lowest BCUT2D eigenvalue weighted by atomic mass is 10.1. The third-order valence-corrected chi connectivity index (χ3v) is 2.77. The largest absolute Gasteiger partial charge is 0.496 e. The molecule has 0 heterocycles. The summed E-state index contributed by atoms with van der Waals surface area (Å²) in [5.74, 6) is 0.929. The second kappa shape index (κ2) is 6.20. The SMILES string of the molecule is COc1cc(COc2cccc(F)c2)ccc1CN. The quantitative estimate of drug-likeness (QED) is 0.900. The Morgan fingerprint density at radius 2 is 2.00 bits per heavy atom. The summed E-state index contributed by atoms with van der Waals surface area (Å²) >= 11 is 0. The van der Waals surface area contributed by atoms with Crippen molar-refractivity contribution < 1.29 is 13.9 Å². The summed E-state index contributed by atoms with van der Waals surface area (Å²) in [6.45, 7) is 0.777. The van der Waals surface area contributed by atoms with E-state index in [9.17, 15) is 4.39 Å². The minimum Gasteiger partial charge on any atom is -0.496 e. The van der Waals surface area contributed by atoms with Crippen LogP contribution in [-0.4, -0.2) is 7.11 Å². The molecule has 0 aliphatic carbocycles. The van der Waals surface area contributed by atoms with Crippen LogP contribution in [0.1, 0.15) is 11.1 Å². The van der Waals surface area contributed by atoms with Gasteiger partial charge in [0.05, 0.1) is 7.11 Å². The van der Waals surface area contributed by atoms with Gasteiger partial charge in [-0.25, -0.2) is 4.39 Å². The molecule has 3 nitrogen and oxygen atoms in total. The molecule has 2 N–H and O–H groups in total. The summed E-state index contributed by atoms with van der Waals surface area (Å²) in [5.41, 5.74) is 7.49. The molecule has 0 fully saturated rings. The molecule has 0 radical (unpaired) electrons. The van der Waals surface area contributed by atoms with Gasteiger partial charge in [0, 0.05) is 18.2 Å². The van der Waals surface area contributed by atoms with Crippen molar-refractivity contribution in [1.29, 1.82) is 0 Å². The maximum Gasteiger partial charge on any atom is 0.126 e. The average Bonchev–Trinajstić information content (AvgIpc) is 2.45. The number of benzene rings is 2. The van der Waals surface area contributed by atoms with Crippen LogP contribution in [0.5, 0.6) is 11.5 Å². The van der Waals surface area contributed by atoms with Crippen molar-refractivity contribution in [1.82, 2.24) is 0 Å². The van der Waals surface area contributed by atoms with E-state index in [1.165, 1.54) is 12.1 Å². The predicted octanol–water partition coefficient (Wildman–Crippen LogP) is 2.87. The Morgan fingerprint density at radius 3 is 2.68 bits per heavy atom. The molecule has 19 heavy (non-hydrogen) atoms. The minimum atomic E-state index is -0.312. The van der Waals surface area contributed by atoms with Gasteiger partial charge in [0.25, 0.3) is 0 Å². The van der Waals surface area contributed by atoms with Crippen LogP contribution in [0.25, 0.3) is 0 Å².